The van der Waals surface area contributed by atoms with Gasteiger partial charge in [-0.05, 0) is 33.2 Å². The van der Waals surface area contributed by atoms with Crippen molar-refractivity contribution >= 4 is 5.82 Å². The highest BCUT2D eigenvalue weighted by molar-refractivity contribution is 5.47. The summed E-state index contributed by atoms with van der Waals surface area (Å²) in [5.41, 5.74) is 2.46. The number of fused-ring (bicyclic) bond motifs is 2. The standard InChI is InChI=1S/C18H27N7/c1-13-20-15-8-11-24(2)10-7-14(15)18(21-13)19-12-17-23-22-16-6-4-3-5-9-25(16)17/h3-12H2,1-2H3,(H,19,20,21). The average Bonchev–Trinajstić information content (AvgIpc) is 2.76. The highest BCUT2D eigenvalue weighted by Crippen LogP contribution is 2.22. The van der Waals surface area contributed by atoms with Crippen LogP contribution < -0.4 is 5.32 Å². The van der Waals surface area contributed by atoms with Gasteiger partial charge in [0.1, 0.15) is 17.5 Å². The van der Waals surface area contributed by atoms with Gasteiger partial charge in [0.05, 0.1) is 12.2 Å². The Morgan fingerprint density at radius 2 is 1.84 bits per heavy atom. The number of aromatic nitrogens is 5. The van der Waals surface area contributed by atoms with Gasteiger partial charge in [-0.2, -0.15) is 0 Å². The Morgan fingerprint density at radius 3 is 2.76 bits per heavy atom. The van der Waals surface area contributed by atoms with Gasteiger partial charge in [0.15, 0.2) is 5.82 Å². The molecule has 4 rings (SSSR count). The van der Waals surface area contributed by atoms with E-state index in [9.17, 15) is 0 Å². The molecule has 0 aromatic carbocycles. The first-order chi connectivity index (χ1) is 12.2. The van der Waals surface area contributed by atoms with E-state index in [1.807, 2.05) is 6.92 Å². The molecule has 2 aliphatic rings. The maximum absolute atomic E-state index is 4.69. The van der Waals surface area contributed by atoms with Crippen molar-refractivity contribution in [1.82, 2.24) is 29.6 Å². The zero-order valence-electron chi connectivity index (χ0n) is 15.3. The van der Waals surface area contributed by atoms with Crippen LogP contribution in [0.1, 0.15) is 48.0 Å². The minimum Gasteiger partial charge on any atom is -0.362 e. The van der Waals surface area contributed by atoms with Gasteiger partial charge in [-0.1, -0.05) is 6.42 Å². The molecule has 2 aliphatic heterocycles. The number of rotatable bonds is 3. The maximum Gasteiger partial charge on any atom is 0.152 e. The fourth-order valence-electron chi connectivity index (χ4n) is 3.82. The van der Waals surface area contributed by atoms with Crippen molar-refractivity contribution < 1.29 is 0 Å². The Bertz CT molecular complexity index is 752. The van der Waals surface area contributed by atoms with Crippen LogP contribution in [-0.4, -0.2) is 49.8 Å². The number of anilines is 1. The van der Waals surface area contributed by atoms with E-state index in [4.69, 9.17) is 0 Å². The molecule has 4 heterocycles. The lowest BCUT2D eigenvalue weighted by atomic mass is 10.1. The lowest BCUT2D eigenvalue weighted by molar-refractivity contribution is 0.352. The Labute approximate surface area is 148 Å². The van der Waals surface area contributed by atoms with Crippen molar-refractivity contribution in [3.63, 3.8) is 0 Å². The molecule has 1 N–H and O–H groups in total. The highest BCUT2D eigenvalue weighted by Gasteiger charge is 2.19. The van der Waals surface area contributed by atoms with Crippen LogP contribution in [0.4, 0.5) is 5.82 Å². The van der Waals surface area contributed by atoms with Crippen molar-refractivity contribution in [2.75, 3.05) is 25.5 Å². The number of likely N-dealkylation sites (N-methyl/N-ethyl adjacent to an activating group) is 1. The minimum absolute atomic E-state index is 0.672. The molecule has 0 saturated carbocycles. The van der Waals surface area contributed by atoms with Crippen molar-refractivity contribution in [3.05, 3.63) is 28.7 Å². The summed E-state index contributed by atoms with van der Waals surface area (Å²) >= 11 is 0. The predicted octanol–water partition coefficient (Wildman–Crippen LogP) is 1.75. The molecule has 134 valence electrons. The lowest BCUT2D eigenvalue weighted by Gasteiger charge is -2.14. The number of nitrogens with one attached hydrogen (secondary N) is 1. The second-order valence-electron chi connectivity index (χ2n) is 7.20. The Hall–Kier alpha value is -2.02. The first kappa shape index (κ1) is 16.4. The maximum atomic E-state index is 4.69. The zero-order valence-corrected chi connectivity index (χ0v) is 15.3. The van der Waals surface area contributed by atoms with Gasteiger partial charge in [0, 0.05) is 38.0 Å². The van der Waals surface area contributed by atoms with Crippen LogP contribution in [0.25, 0.3) is 0 Å². The summed E-state index contributed by atoms with van der Waals surface area (Å²) in [6.07, 6.45) is 6.74. The van der Waals surface area contributed by atoms with E-state index in [1.165, 1.54) is 30.5 Å². The molecular weight excluding hydrogens is 314 g/mol. The Kier molecular flexibility index (Phi) is 4.65. The van der Waals surface area contributed by atoms with Gasteiger partial charge in [-0.25, -0.2) is 9.97 Å². The van der Waals surface area contributed by atoms with E-state index in [2.05, 4.69) is 42.0 Å². The van der Waals surface area contributed by atoms with E-state index in [0.717, 1.165) is 62.2 Å². The third-order valence-electron chi connectivity index (χ3n) is 5.28. The summed E-state index contributed by atoms with van der Waals surface area (Å²) in [5, 5.41) is 12.3. The van der Waals surface area contributed by atoms with Crippen LogP contribution in [-0.2, 0) is 32.4 Å². The molecule has 0 radical (unpaired) electrons. The van der Waals surface area contributed by atoms with Gasteiger partial charge in [-0.3, -0.25) is 0 Å². The van der Waals surface area contributed by atoms with Crippen molar-refractivity contribution in [2.45, 2.75) is 58.5 Å². The van der Waals surface area contributed by atoms with Gasteiger partial charge in [0.25, 0.3) is 0 Å². The summed E-state index contributed by atoms with van der Waals surface area (Å²) in [6, 6.07) is 0. The van der Waals surface area contributed by atoms with Crippen molar-refractivity contribution in [3.8, 4) is 0 Å². The quantitative estimate of drug-likeness (QED) is 0.917. The number of hydrogen-bond donors (Lipinski definition) is 1. The number of aryl methyl sites for hydroxylation is 2. The van der Waals surface area contributed by atoms with E-state index < -0.39 is 0 Å². The monoisotopic (exact) mass is 341 g/mol. The molecule has 2 aromatic heterocycles. The third-order valence-corrected chi connectivity index (χ3v) is 5.28. The largest absolute Gasteiger partial charge is 0.362 e. The Balaban J connectivity index is 1.56. The van der Waals surface area contributed by atoms with Gasteiger partial charge < -0.3 is 14.8 Å². The number of hydrogen-bond acceptors (Lipinski definition) is 6. The molecule has 7 nitrogen and oxygen atoms in total. The minimum atomic E-state index is 0.672. The topological polar surface area (TPSA) is 71.8 Å². The molecule has 2 aromatic rings. The fraction of sp³-hybridized carbons (Fsp3) is 0.667. The van der Waals surface area contributed by atoms with Crippen LogP contribution >= 0.6 is 0 Å². The SMILES string of the molecule is Cc1nc2c(c(NCc3nnc4n3CCCCC4)n1)CCN(C)CC2. The van der Waals surface area contributed by atoms with E-state index in [0.29, 0.717) is 6.54 Å². The molecule has 0 atom stereocenters. The molecule has 0 spiro atoms. The first-order valence-corrected chi connectivity index (χ1v) is 9.40. The molecule has 0 amide bonds. The molecule has 0 unspecified atom stereocenters. The van der Waals surface area contributed by atoms with E-state index in [-0.39, 0.29) is 0 Å². The summed E-state index contributed by atoms with van der Waals surface area (Å²) in [5.74, 6) is 3.97. The van der Waals surface area contributed by atoms with Crippen molar-refractivity contribution in [2.24, 2.45) is 0 Å². The third kappa shape index (κ3) is 3.51. The molecule has 0 saturated heterocycles. The van der Waals surface area contributed by atoms with Gasteiger partial charge >= 0.3 is 0 Å². The Morgan fingerprint density at radius 1 is 0.960 bits per heavy atom. The van der Waals surface area contributed by atoms with Gasteiger partial charge in [-0.15, -0.1) is 10.2 Å². The zero-order chi connectivity index (χ0) is 17.2. The second kappa shape index (κ2) is 7.07. The van der Waals surface area contributed by atoms with E-state index >= 15 is 0 Å². The first-order valence-electron chi connectivity index (χ1n) is 9.40. The second-order valence-corrected chi connectivity index (χ2v) is 7.20. The van der Waals surface area contributed by atoms with Gasteiger partial charge in [0.2, 0.25) is 0 Å². The number of nitrogens with zero attached hydrogens (tertiary/aromatic N) is 6. The average molecular weight is 341 g/mol. The van der Waals surface area contributed by atoms with Crippen molar-refractivity contribution in [1.29, 1.82) is 0 Å². The van der Waals surface area contributed by atoms with Crippen LogP contribution in [0.15, 0.2) is 0 Å². The van der Waals surface area contributed by atoms with Crippen LogP contribution in [0.5, 0.6) is 0 Å². The molecule has 25 heavy (non-hydrogen) atoms. The highest BCUT2D eigenvalue weighted by atomic mass is 15.3. The van der Waals surface area contributed by atoms with Crippen LogP contribution in [0.3, 0.4) is 0 Å². The molecule has 0 bridgehead atoms. The summed E-state index contributed by atoms with van der Waals surface area (Å²) in [7, 11) is 2.17. The van der Waals surface area contributed by atoms with E-state index in [1.54, 1.807) is 0 Å². The molecule has 0 aliphatic carbocycles. The van der Waals surface area contributed by atoms with Crippen LogP contribution in [0, 0.1) is 6.92 Å². The fourth-order valence-corrected chi connectivity index (χ4v) is 3.82. The smallest absolute Gasteiger partial charge is 0.152 e. The normalized spacial score (nSPS) is 18.2. The van der Waals surface area contributed by atoms with Crippen LogP contribution in [0.2, 0.25) is 0 Å². The molecular formula is C18H27N7. The molecule has 0 fully saturated rings. The lowest BCUT2D eigenvalue weighted by Crippen LogP contribution is -2.20. The predicted molar refractivity (Wildman–Crippen MR) is 96.6 cm³/mol. The summed E-state index contributed by atoms with van der Waals surface area (Å²) in [6.45, 7) is 5.79. The summed E-state index contributed by atoms with van der Waals surface area (Å²) in [4.78, 5) is 11.7. The molecule has 7 heteroatoms. The summed E-state index contributed by atoms with van der Waals surface area (Å²) < 4.78 is 2.29.